The molecule has 0 saturated heterocycles. The molecule has 1 heteroatoms. The van der Waals surface area contributed by atoms with Crippen LogP contribution in [0.3, 0.4) is 0 Å². The molecule has 2 aliphatic rings. The summed E-state index contributed by atoms with van der Waals surface area (Å²) in [7, 11) is 0. The van der Waals surface area contributed by atoms with Crippen LogP contribution in [-0.4, -0.2) is 6.04 Å². The zero-order valence-corrected chi connectivity index (χ0v) is 19.6. The van der Waals surface area contributed by atoms with E-state index in [1.807, 2.05) is 0 Å². The Morgan fingerprint density at radius 1 is 0.686 bits per heavy atom. The van der Waals surface area contributed by atoms with Gasteiger partial charge >= 0.3 is 0 Å². The highest BCUT2D eigenvalue weighted by atomic mass is 14.9. The van der Waals surface area contributed by atoms with E-state index in [0.29, 0.717) is 0 Å². The van der Waals surface area contributed by atoms with Gasteiger partial charge in [0.25, 0.3) is 0 Å². The van der Waals surface area contributed by atoms with Gasteiger partial charge in [-0.3, -0.25) is 0 Å². The Morgan fingerprint density at radius 2 is 1.43 bits per heavy atom. The standard InChI is InChI=1S/C34H25N/c1-22-10-8-13-24(20-22)32-27-15-4-5-16-28(27)33(26-18-9-12-23-11-2-3-14-25(23)26)34-29-17-6-7-19-31(29)35-21-30(32)34/h2-21,31,35H,1H3. The molecular formula is C34H25N. The molecule has 7 rings (SSSR count). The third kappa shape index (κ3) is 3.09. The smallest absolute Gasteiger partial charge is 0.0702 e. The van der Waals surface area contributed by atoms with E-state index < -0.39 is 0 Å². The summed E-state index contributed by atoms with van der Waals surface area (Å²) >= 11 is 0. The quantitative estimate of drug-likeness (QED) is 0.321. The van der Waals surface area contributed by atoms with Crippen LogP contribution in [0.15, 0.2) is 115 Å². The molecule has 0 bridgehead atoms. The Kier molecular flexibility index (Phi) is 4.50. The molecule has 1 N–H and O–H groups in total. The van der Waals surface area contributed by atoms with Crippen molar-refractivity contribution in [3.8, 4) is 22.3 Å². The normalized spacial score (nSPS) is 16.0. The lowest BCUT2D eigenvalue weighted by Crippen LogP contribution is -2.44. The SMILES string of the molecule is Cc1cccc(-c2c3c(c(-c4cccc5ccccc45)c4ccccc24)=C2C=CC=CC2NC=3)c1. The van der Waals surface area contributed by atoms with E-state index in [2.05, 4.69) is 134 Å². The molecule has 1 atom stereocenters. The van der Waals surface area contributed by atoms with Crippen molar-refractivity contribution in [3.05, 3.63) is 131 Å². The van der Waals surface area contributed by atoms with Crippen LogP contribution in [-0.2, 0) is 0 Å². The maximum absolute atomic E-state index is 3.68. The minimum absolute atomic E-state index is 0.174. The van der Waals surface area contributed by atoms with Gasteiger partial charge in [-0.1, -0.05) is 121 Å². The first-order chi connectivity index (χ1) is 17.3. The Labute approximate surface area is 205 Å². The summed E-state index contributed by atoms with van der Waals surface area (Å²) in [6.07, 6.45) is 11.1. The molecule has 0 saturated carbocycles. The van der Waals surface area contributed by atoms with Crippen LogP contribution in [0.5, 0.6) is 0 Å². The number of rotatable bonds is 2. The number of fused-ring (bicyclic) bond motifs is 4. The highest BCUT2D eigenvalue weighted by Gasteiger charge is 2.23. The van der Waals surface area contributed by atoms with Gasteiger partial charge in [-0.25, -0.2) is 0 Å². The summed E-state index contributed by atoms with van der Waals surface area (Å²) in [5.41, 5.74) is 7.76. The topological polar surface area (TPSA) is 12.0 Å². The molecule has 5 aromatic carbocycles. The fourth-order valence-corrected chi connectivity index (χ4v) is 5.84. The van der Waals surface area contributed by atoms with Gasteiger partial charge in [-0.2, -0.15) is 0 Å². The number of hydrogen-bond donors (Lipinski definition) is 1. The van der Waals surface area contributed by atoms with Crippen molar-refractivity contribution in [2.45, 2.75) is 13.0 Å². The molecule has 0 fully saturated rings. The Hall–Kier alpha value is -4.36. The fourth-order valence-electron chi connectivity index (χ4n) is 5.84. The van der Waals surface area contributed by atoms with Gasteiger partial charge in [0.15, 0.2) is 0 Å². The second-order valence-electron chi connectivity index (χ2n) is 9.47. The number of nitrogens with one attached hydrogen (secondary N) is 1. The minimum atomic E-state index is 0.174. The Bertz CT molecular complexity index is 1830. The van der Waals surface area contributed by atoms with Gasteiger partial charge in [0.2, 0.25) is 0 Å². The van der Waals surface area contributed by atoms with Crippen molar-refractivity contribution in [1.29, 1.82) is 0 Å². The van der Waals surface area contributed by atoms with Gasteiger partial charge < -0.3 is 5.32 Å². The summed E-state index contributed by atoms with van der Waals surface area (Å²) in [4.78, 5) is 0. The molecule has 1 heterocycles. The average molecular weight is 448 g/mol. The van der Waals surface area contributed by atoms with Crippen LogP contribution in [0, 0.1) is 6.92 Å². The van der Waals surface area contributed by atoms with E-state index >= 15 is 0 Å². The van der Waals surface area contributed by atoms with Gasteiger partial charge in [0.05, 0.1) is 6.04 Å². The molecular weight excluding hydrogens is 422 g/mol. The zero-order chi connectivity index (χ0) is 23.4. The largest absolute Gasteiger partial charge is 0.380 e. The van der Waals surface area contributed by atoms with E-state index in [4.69, 9.17) is 0 Å². The lowest BCUT2D eigenvalue weighted by molar-refractivity contribution is 0.879. The van der Waals surface area contributed by atoms with E-state index in [1.54, 1.807) is 0 Å². The van der Waals surface area contributed by atoms with Crippen LogP contribution in [0.25, 0.3) is 55.6 Å². The highest BCUT2D eigenvalue weighted by molar-refractivity contribution is 6.11. The number of aryl methyl sites for hydroxylation is 1. The van der Waals surface area contributed by atoms with Crippen molar-refractivity contribution in [2.75, 3.05) is 0 Å². The molecule has 1 nitrogen and oxygen atoms in total. The zero-order valence-electron chi connectivity index (χ0n) is 19.6. The summed E-state index contributed by atoms with van der Waals surface area (Å²) in [6, 6.07) is 33.4. The van der Waals surface area contributed by atoms with Gasteiger partial charge in [0, 0.05) is 11.4 Å². The molecule has 1 aliphatic carbocycles. The molecule has 0 aromatic heterocycles. The molecule has 166 valence electrons. The van der Waals surface area contributed by atoms with Gasteiger partial charge in [-0.15, -0.1) is 0 Å². The monoisotopic (exact) mass is 447 g/mol. The number of benzene rings is 5. The predicted molar refractivity (Wildman–Crippen MR) is 149 cm³/mol. The lowest BCUT2D eigenvalue weighted by Gasteiger charge is -2.26. The second-order valence-corrected chi connectivity index (χ2v) is 9.47. The van der Waals surface area contributed by atoms with Gasteiger partial charge in [-0.05, 0) is 61.5 Å². The molecule has 0 spiro atoms. The van der Waals surface area contributed by atoms with Crippen LogP contribution < -0.4 is 15.8 Å². The van der Waals surface area contributed by atoms with Crippen molar-refractivity contribution in [3.63, 3.8) is 0 Å². The highest BCUT2D eigenvalue weighted by Crippen LogP contribution is 2.35. The predicted octanol–water partition coefficient (Wildman–Crippen LogP) is 6.62. The van der Waals surface area contributed by atoms with E-state index in [1.165, 1.54) is 65.4 Å². The first kappa shape index (κ1) is 20.1. The van der Waals surface area contributed by atoms with Gasteiger partial charge in [0.1, 0.15) is 0 Å². The third-order valence-corrected chi connectivity index (χ3v) is 7.34. The van der Waals surface area contributed by atoms with Crippen LogP contribution >= 0.6 is 0 Å². The maximum atomic E-state index is 3.68. The van der Waals surface area contributed by atoms with Crippen molar-refractivity contribution in [2.24, 2.45) is 0 Å². The first-order valence-electron chi connectivity index (χ1n) is 12.2. The molecule has 1 unspecified atom stereocenters. The number of allylic oxidation sites excluding steroid dienone is 2. The summed E-state index contributed by atoms with van der Waals surface area (Å²) in [5, 5.41) is 11.4. The van der Waals surface area contributed by atoms with Crippen molar-refractivity contribution < 1.29 is 0 Å². The summed E-state index contributed by atoms with van der Waals surface area (Å²) in [6.45, 7) is 2.17. The van der Waals surface area contributed by atoms with Crippen LogP contribution in [0.2, 0.25) is 0 Å². The maximum Gasteiger partial charge on any atom is 0.0702 e. The second kappa shape index (κ2) is 7.85. The lowest BCUT2D eigenvalue weighted by atomic mass is 9.83. The average Bonchev–Trinajstić information content (AvgIpc) is 2.91. The van der Waals surface area contributed by atoms with Crippen molar-refractivity contribution >= 4 is 33.3 Å². The Morgan fingerprint density at radius 3 is 2.29 bits per heavy atom. The summed E-state index contributed by atoms with van der Waals surface area (Å²) < 4.78 is 0. The van der Waals surface area contributed by atoms with E-state index in [-0.39, 0.29) is 6.04 Å². The molecule has 5 aromatic rings. The minimum Gasteiger partial charge on any atom is -0.380 e. The van der Waals surface area contributed by atoms with E-state index in [9.17, 15) is 0 Å². The fraction of sp³-hybridized carbons (Fsp3) is 0.0588. The molecule has 0 radical (unpaired) electrons. The van der Waals surface area contributed by atoms with Crippen LogP contribution in [0.4, 0.5) is 0 Å². The van der Waals surface area contributed by atoms with Crippen LogP contribution in [0.1, 0.15) is 5.56 Å². The molecule has 0 amide bonds. The van der Waals surface area contributed by atoms with E-state index in [0.717, 1.165) is 0 Å². The number of hydrogen-bond acceptors (Lipinski definition) is 1. The van der Waals surface area contributed by atoms with Crippen molar-refractivity contribution in [1.82, 2.24) is 5.32 Å². The first-order valence-corrected chi connectivity index (χ1v) is 12.2. The molecule has 1 aliphatic heterocycles. The summed E-state index contributed by atoms with van der Waals surface area (Å²) in [5.74, 6) is 0. The third-order valence-electron chi connectivity index (χ3n) is 7.34. The Balaban J connectivity index is 1.76. The molecule has 35 heavy (non-hydrogen) atoms.